The number of benzene rings is 1. The van der Waals surface area contributed by atoms with Gasteiger partial charge in [-0.3, -0.25) is 4.79 Å². The fraction of sp³-hybridized carbons (Fsp3) is 0.389. The molecule has 1 aliphatic heterocycles. The largest absolute Gasteiger partial charge is 0.450 e. The van der Waals surface area contributed by atoms with Gasteiger partial charge in [0, 0.05) is 24.7 Å². The van der Waals surface area contributed by atoms with Gasteiger partial charge in [0.15, 0.2) is 17.8 Å². The second-order valence-corrected chi connectivity index (χ2v) is 5.83. The lowest BCUT2D eigenvalue weighted by Gasteiger charge is -2.31. The molecule has 0 saturated carbocycles. The van der Waals surface area contributed by atoms with Gasteiger partial charge < -0.3 is 19.4 Å². The Morgan fingerprint density at radius 3 is 2.68 bits per heavy atom. The number of nitrogens with zero attached hydrogens (tertiary/aromatic N) is 2. The number of likely N-dealkylation sites (tertiary alicyclic amines) is 1. The smallest absolute Gasteiger partial charge is 0.409 e. The topological polar surface area (TPSA) is 84.7 Å². The number of hydrogen-bond donors (Lipinski definition) is 1. The zero-order chi connectivity index (χ0) is 17.6. The van der Waals surface area contributed by atoms with Crippen LogP contribution >= 0.6 is 0 Å². The highest BCUT2D eigenvalue weighted by Gasteiger charge is 2.26. The Kier molecular flexibility index (Phi) is 5.33. The van der Waals surface area contributed by atoms with E-state index >= 15 is 0 Å². The Morgan fingerprint density at radius 1 is 1.28 bits per heavy atom. The number of oxazole rings is 1. The molecular formula is C18H21N3O4. The first-order valence-corrected chi connectivity index (χ1v) is 8.40. The van der Waals surface area contributed by atoms with Gasteiger partial charge in [0.05, 0.1) is 6.61 Å². The van der Waals surface area contributed by atoms with Gasteiger partial charge in [-0.1, -0.05) is 30.3 Å². The molecule has 1 aromatic carbocycles. The predicted octanol–water partition coefficient (Wildman–Crippen LogP) is 2.69. The number of piperidine rings is 1. The van der Waals surface area contributed by atoms with E-state index in [1.165, 1.54) is 6.39 Å². The molecule has 1 saturated heterocycles. The van der Waals surface area contributed by atoms with Crippen LogP contribution in [0.1, 0.15) is 30.3 Å². The summed E-state index contributed by atoms with van der Waals surface area (Å²) in [6.07, 6.45) is 2.35. The Labute approximate surface area is 146 Å². The van der Waals surface area contributed by atoms with Crippen LogP contribution in [0.15, 0.2) is 41.1 Å². The van der Waals surface area contributed by atoms with Crippen molar-refractivity contribution in [1.82, 2.24) is 15.2 Å². The number of aromatic nitrogens is 1. The maximum Gasteiger partial charge on any atom is 0.409 e. The molecule has 0 aliphatic carbocycles. The van der Waals surface area contributed by atoms with Gasteiger partial charge in [0.2, 0.25) is 0 Å². The van der Waals surface area contributed by atoms with E-state index in [0.29, 0.717) is 38.3 Å². The van der Waals surface area contributed by atoms with E-state index in [4.69, 9.17) is 9.15 Å². The fourth-order valence-corrected chi connectivity index (χ4v) is 2.88. The van der Waals surface area contributed by atoms with E-state index in [1.807, 2.05) is 30.3 Å². The normalized spacial score (nSPS) is 15.0. The summed E-state index contributed by atoms with van der Waals surface area (Å²) in [6.45, 7) is 3.28. The summed E-state index contributed by atoms with van der Waals surface area (Å²) in [5.41, 5.74) is 1.08. The minimum atomic E-state index is -0.296. The lowest BCUT2D eigenvalue weighted by Crippen LogP contribution is -2.46. The predicted molar refractivity (Wildman–Crippen MR) is 91.0 cm³/mol. The number of ether oxygens (including phenoxy) is 1. The number of nitrogens with one attached hydrogen (secondary N) is 1. The third kappa shape index (κ3) is 3.99. The number of hydrogen-bond acceptors (Lipinski definition) is 5. The molecule has 0 spiro atoms. The van der Waals surface area contributed by atoms with E-state index in [1.54, 1.807) is 11.8 Å². The Bertz CT molecular complexity index is 721. The van der Waals surface area contributed by atoms with Crippen LogP contribution in [0.5, 0.6) is 0 Å². The monoisotopic (exact) mass is 343 g/mol. The summed E-state index contributed by atoms with van der Waals surface area (Å²) in [7, 11) is 0. The fourth-order valence-electron chi connectivity index (χ4n) is 2.88. The van der Waals surface area contributed by atoms with Crippen LogP contribution in [0.25, 0.3) is 11.3 Å². The van der Waals surface area contributed by atoms with Crippen molar-refractivity contribution in [3.63, 3.8) is 0 Å². The van der Waals surface area contributed by atoms with Gasteiger partial charge in [-0.25, -0.2) is 9.78 Å². The van der Waals surface area contributed by atoms with Crippen LogP contribution in [-0.2, 0) is 4.74 Å². The highest BCUT2D eigenvalue weighted by Crippen LogP contribution is 2.23. The van der Waals surface area contributed by atoms with Gasteiger partial charge in [-0.05, 0) is 19.8 Å². The van der Waals surface area contributed by atoms with E-state index in [-0.39, 0.29) is 23.7 Å². The molecule has 0 unspecified atom stereocenters. The summed E-state index contributed by atoms with van der Waals surface area (Å²) in [6, 6.07) is 9.40. The first-order chi connectivity index (χ1) is 12.2. The maximum absolute atomic E-state index is 12.5. The number of carbonyl (C=O) groups is 2. The number of carbonyl (C=O) groups excluding carboxylic acids is 2. The molecule has 0 bridgehead atoms. The Hall–Kier alpha value is -2.83. The maximum atomic E-state index is 12.5. The van der Waals surface area contributed by atoms with Crippen LogP contribution in [-0.4, -0.2) is 47.6 Å². The van der Waals surface area contributed by atoms with Crippen molar-refractivity contribution in [3.05, 3.63) is 42.4 Å². The van der Waals surface area contributed by atoms with Crippen molar-refractivity contribution >= 4 is 12.0 Å². The molecule has 1 N–H and O–H groups in total. The van der Waals surface area contributed by atoms with Crippen molar-refractivity contribution in [2.75, 3.05) is 19.7 Å². The molecule has 25 heavy (non-hydrogen) atoms. The highest BCUT2D eigenvalue weighted by atomic mass is 16.6. The third-order valence-electron chi connectivity index (χ3n) is 4.17. The van der Waals surface area contributed by atoms with Gasteiger partial charge in [-0.15, -0.1) is 0 Å². The molecule has 0 radical (unpaired) electrons. The molecule has 1 fully saturated rings. The molecule has 2 aromatic rings. The number of rotatable bonds is 4. The van der Waals surface area contributed by atoms with Crippen molar-refractivity contribution in [2.24, 2.45) is 0 Å². The van der Waals surface area contributed by atoms with Crippen LogP contribution < -0.4 is 5.32 Å². The van der Waals surface area contributed by atoms with Crippen molar-refractivity contribution in [2.45, 2.75) is 25.8 Å². The Morgan fingerprint density at radius 2 is 2.00 bits per heavy atom. The molecule has 0 atom stereocenters. The van der Waals surface area contributed by atoms with Gasteiger partial charge in [0.1, 0.15) is 0 Å². The van der Waals surface area contributed by atoms with Crippen molar-refractivity contribution in [3.8, 4) is 11.3 Å². The molecular weight excluding hydrogens is 322 g/mol. The van der Waals surface area contributed by atoms with E-state index in [9.17, 15) is 9.59 Å². The van der Waals surface area contributed by atoms with Crippen LogP contribution in [0.4, 0.5) is 4.79 Å². The molecule has 1 aromatic heterocycles. The van der Waals surface area contributed by atoms with Crippen molar-refractivity contribution < 1.29 is 18.7 Å². The number of amides is 2. The van der Waals surface area contributed by atoms with E-state index in [0.717, 1.165) is 5.56 Å². The van der Waals surface area contributed by atoms with Crippen LogP contribution in [0.3, 0.4) is 0 Å². The molecule has 1 aliphatic rings. The lowest BCUT2D eigenvalue weighted by atomic mass is 10.0. The first-order valence-electron chi connectivity index (χ1n) is 8.40. The van der Waals surface area contributed by atoms with Crippen molar-refractivity contribution in [1.29, 1.82) is 0 Å². The SMILES string of the molecule is CCOC(=O)N1CCC(NC(=O)c2ncoc2-c2ccccc2)CC1. The summed E-state index contributed by atoms with van der Waals surface area (Å²) in [5.74, 6) is 0.198. The van der Waals surface area contributed by atoms with Gasteiger partial charge in [-0.2, -0.15) is 0 Å². The van der Waals surface area contributed by atoms with Crippen LogP contribution in [0.2, 0.25) is 0 Å². The molecule has 3 rings (SSSR count). The molecule has 132 valence electrons. The van der Waals surface area contributed by atoms with E-state index < -0.39 is 0 Å². The molecule has 2 heterocycles. The summed E-state index contributed by atoms with van der Waals surface area (Å²) in [5, 5.41) is 2.98. The molecule has 7 heteroatoms. The minimum absolute atomic E-state index is 0.00139. The first kappa shape index (κ1) is 17.0. The second kappa shape index (κ2) is 7.83. The summed E-state index contributed by atoms with van der Waals surface area (Å²) >= 11 is 0. The van der Waals surface area contributed by atoms with Crippen LogP contribution in [0, 0.1) is 0 Å². The average Bonchev–Trinajstić information content (AvgIpc) is 3.13. The standard InChI is InChI=1S/C18H21N3O4/c1-2-24-18(23)21-10-8-14(9-11-21)20-17(22)15-16(25-12-19-15)13-6-4-3-5-7-13/h3-7,12,14H,2,8-11H2,1H3,(H,20,22). The zero-order valence-corrected chi connectivity index (χ0v) is 14.1. The highest BCUT2D eigenvalue weighted by molar-refractivity contribution is 5.97. The molecule has 2 amide bonds. The molecule has 7 nitrogen and oxygen atoms in total. The Balaban J connectivity index is 1.60. The van der Waals surface area contributed by atoms with Gasteiger partial charge >= 0.3 is 6.09 Å². The zero-order valence-electron chi connectivity index (χ0n) is 14.1. The second-order valence-electron chi connectivity index (χ2n) is 5.83. The quantitative estimate of drug-likeness (QED) is 0.922. The summed E-state index contributed by atoms with van der Waals surface area (Å²) in [4.78, 5) is 30.0. The average molecular weight is 343 g/mol. The third-order valence-corrected chi connectivity index (χ3v) is 4.17. The van der Waals surface area contributed by atoms with E-state index in [2.05, 4.69) is 10.3 Å². The van der Waals surface area contributed by atoms with Gasteiger partial charge in [0.25, 0.3) is 5.91 Å². The summed E-state index contributed by atoms with van der Waals surface area (Å²) < 4.78 is 10.4. The minimum Gasteiger partial charge on any atom is -0.450 e. The lowest BCUT2D eigenvalue weighted by molar-refractivity contribution is 0.0857.